The number of fused-ring (bicyclic) bond motifs is 1. The summed E-state index contributed by atoms with van der Waals surface area (Å²) in [6.45, 7) is 2.66. The van der Waals surface area contributed by atoms with E-state index in [0.717, 1.165) is 29.4 Å². The van der Waals surface area contributed by atoms with Crippen molar-refractivity contribution in [2.24, 2.45) is 0 Å². The second kappa shape index (κ2) is 5.83. The summed E-state index contributed by atoms with van der Waals surface area (Å²) in [7, 11) is 0. The van der Waals surface area contributed by atoms with Crippen LogP contribution in [0.1, 0.15) is 28.0 Å². The summed E-state index contributed by atoms with van der Waals surface area (Å²) in [5, 5.41) is 10.9. The van der Waals surface area contributed by atoms with Gasteiger partial charge in [-0.3, -0.25) is 9.89 Å². The van der Waals surface area contributed by atoms with Gasteiger partial charge in [-0.1, -0.05) is 6.07 Å². The minimum atomic E-state index is -0.0240. The first-order valence-corrected chi connectivity index (χ1v) is 7.09. The van der Waals surface area contributed by atoms with Gasteiger partial charge in [0.15, 0.2) is 0 Å². The van der Waals surface area contributed by atoms with Gasteiger partial charge in [0.1, 0.15) is 0 Å². The molecule has 21 heavy (non-hydrogen) atoms. The van der Waals surface area contributed by atoms with Crippen LogP contribution < -0.4 is 5.32 Å². The molecule has 0 aliphatic heterocycles. The number of amides is 1. The van der Waals surface area contributed by atoms with Crippen LogP contribution in [-0.4, -0.2) is 27.6 Å². The highest BCUT2D eigenvalue weighted by Gasteiger charge is 2.09. The topological polar surface area (TPSA) is 73.6 Å². The van der Waals surface area contributed by atoms with E-state index in [9.17, 15) is 4.79 Å². The third kappa shape index (κ3) is 2.81. The molecule has 5 nitrogen and oxygen atoms in total. The van der Waals surface area contributed by atoms with Crippen LogP contribution in [0.15, 0.2) is 36.7 Å². The Hall–Kier alpha value is -2.56. The van der Waals surface area contributed by atoms with Crippen LogP contribution >= 0.6 is 0 Å². The highest BCUT2D eigenvalue weighted by Crippen LogP contribution is 2.17. The van der Waals surface area contributed by atoms with E-state index in [1.54, 1.807) is 0 Å². The molecule has 3 aromatic rings. The van der Waals surface area contributed by atoms with Crippen LogP contribution in [0.3, 0.4) is 0 Å². The maximum Gasteiger partial charge on any atom is 0.251 e. The molecule has 0 unspecified atom stereocenters. The summed E-state index contributed by atoms with van der Waals surface area (Å²) in [6.07, 6.45) is 5.51. The number of carbonyl (C=O) groups excluding carboxylic acids is 1. The first kappa shape index (κ1) is 13.4. The second-order valence-electron chi connectivity index (χ2n) is 5.12. The molecule has 0 fully saturated rings. The smallest absolute Gasteiger partial charge is 0.251 e. The molecule has 5 heteroatoms. The van der Waals surface area contributed by atoms with Gasteiger partial charge in [-0.2, -0.15) is 5.10 Å². The number of aromatic nitrogens is 3. The van der Waals surface area contributed by atoms with Gasteiger partial charge in [-0.05, 0) is 43.5 Å². The van der Waals surface area contributed by atoms with E-state index < -0.39 is 0 Å². The van der Waals surface area contributed by atoms with Crippen molar-refractivity contribution >= 4 is 16.8 Å². The van der Waals surface area contributed by atoms with E-state index in [1.807, 2.05) is 43.6 Å². The fourth-order valence-electron chi connectivity index (χ4n) is 2.49. The van der Waals surface area contributed by atoms with Crippen LogP contribution in [0, 0.1) is 6.92 Å². The molecule has 1 amide bonds. The lowest BCUT2D eigenvalue weighted by Gasteiger charge is -2.06. The van der Waals surface area contributed by atoms with Crippen molar-refractivity contribution in [3.8, 4) is 0 Å². The molecule has 3 rings (SSSR count). The maximum atomic E-state index is 12.2. The number of nitrogens with zero attached hydrogens (tertiary/aromatic N) is 1. The molecule has 0 radical (unpaired) electrons. The largest absolute Gasteiger partial charge is 0.361 e. The molecular formula is C16H18N4O. The van der Waals surface area contributed by atoms with Gasteiger partial charge in [0.05, 0.1) is 6.20 Å². The molecule has 0 atom stereocenters. The lowest BCUT2D eigenvalue weighted by molar-refractivity contribution is 0.0955. The summed E-state index contributed by atoms with van der Waals surface area (Å²) in [4.78, 5) is 15.4. The SMILES string of the molecule is Cc1[nH]ncc1CCCNC(=O)c1cccc2[nH]ccc12. The van der Waals surface area contributed by atoms with Gasteiger partial charge < -0.3 is 10.3 Å². The molecule has 108 valence electrons. The number of hydrogen-bond acceptors (Lipinski definition) is 2. The van der Waals surface area contributed by atoms with Crippen LogP contribution in [0.2, 0.25) is 0 Å². The number of aromatic amines is 2. The molecule has 0 saturated carbocycles. The quantitative estimate of drug-likeness (QED) is 0.629. The zero-order valence-corrected chi connectivity index (χ0v) is 11.9. The summed E-state index contributed by atoms with van der Waals surface area (Å²) in [5.41, 5.74) is 4.00. The van der Waals surface area contributed by atoms with E-state index in [-0.39, 0.29) is 5.91 Å². The number of H-pyrrole nitrogens is 2. The predicted molar refractivity (Wildman–Crippen MR) is 82.3 cm³/mol. The van der Waals surface area contributed by atoms with Gasteiger partial charge in [0, 0.05) is 34.9 Å². The van der Waals surface area contributed by atoms with Gasteiger partial charge >= 0.3 is 0 Å². The Morgan fingerprint density at radius 2 is 2.24 bits per heavy atom. The number of benzene rings is 1. The molecule has 0 bridgehead atoms. The number of nitrogens with one attached hydrogen (secondary N) is 3. The molecule has 0 aliphatic rings. The Kier molecular flexibility index (Phi) is 3.73. The average Bonchev–Trinajstić information content (AvgIpc) is 3.11. The lowest BCUT2D eigenvalue weighted by Crippen LogP contribution is -2.24. The molecule has 2 aromatic heterocycles. The van der Waals surface area contributed by atoms with Crippen molar-refractivity contribution in [2.45, 2.75) is 19.8 Å². The van der Waals surface area contributed by atoms with Crippen molar-refractivity contribution in [2.75, 3.05) is 6.54 Å². The van der Waals surface area contributed by atoms with Crippen LogP contribution in [0.25, 0.3) is 10.9 Å². The highest BCUT2D eigenvalue weighted by atomic mass is 16.1. The monoisotopic (exact) mass is 282 g/mol. The second-order valence-corrected chi connectivity index (χ2v) is 5.12. The van der Waals surface area contributed by atoms with E-state index >= 15 is 0 Å². The average molecular weight is 282 g/mol. The van der Waals surface area contributed by atoms with Crippen LogP contribution in [0.4, 0.5) is 0 Å². The standard InChI is InChI=1S/C16H18N4O/c1-11-12(10-19-20-11)4-3-8-18-16(21)14-5-2-6-15-13(14)7-9-17-15/h2,5-7,9-10,17H,3-4,8H2,1H3,(H,18,21)(H,19,20). The van der Waals surface area contributed by atoms with Crippen molar-refractivity contribution in [1.82, 2.24) is 20.5 Å². The first-order chi connectivity index (χ1) is 10.3. The fourth-order valence-corrected chi connectivity index (χ4v) is 2.49. The van der Waals surface area contributed by atoms with Crippen molar-refractivity contribution in [3.05, 3.63) is 53.5 Å². The van der Waals surface area contributed by atoms with Crippen LogP contribution in [-0.2, 0) is 6.42 Å². The Labute approximate surface area is 122 Å². The predicted octanol–water partition coefficient (Wildman–Crippen LogP) is 2.56. The summed E-state index contributed by atoms with van der Waals surface area (Å²) in [6, 6.07) is 7.64. The van der Waals surface area contributed by atoms with Crippen molar-refractivity contribution in [3.63, 3.8) is 0 Å². The molecule has 0 aliphatic carbocycles. The Morgan fingerprint density at radius 3 is 3.05 bits per heavy atom. The summed E-state index contributed by atoms with van der Waals surface area (Å²) < 4.78 is 0. The number of rotatable bonds is 5. The van der Waals surface area contributed by atoms with Gasteiger partial charge in [0.2, 0.25) is 0 Å². The van der Waals surface area contributed by atoms with E-state index in [0.29, 0.717) is 12.1 Å². The fraction of sp³-hybridized carbons (Fsp3) is 0.250. The molecule has 2 heterocycles. The molecule has 3 N–H and O–H groups in total. The zero-order valence-electron chi connectivity index (χ0n) is 11.9. The molecule has 0 saturated heterocycles. The van der Waals surface area contributed by atoms with Crippen LogP contribution in [0.5, 0.6) is 0 Å². The lowest BCUT2D eigenvalue weighted by atomic mass is 10.1. The van der Waals surface area contributed by atoms with E-state index in [2.05, 4.69) is 20.5 Å². The Bertz CT molecular complexity index is 756. The minimum Gasteiger partial charge on any atom is -0.361 e. The number of aryl methyl sites for hydroxylation is 2. The maximum absolute atomic E-state index is 12.2. The zero-order chi connectivity index (χ0) is 14.7. The summed E-state index contributed by atoms with van der Waals surface area (Å²) in [5.74, 6) is -0.0240. The minimum absolute atomic E-state index is 0.0240. The molecular weight excluding hydrogens is 264 g/mol. The van der Waals surface area contributed by atoms with Gasteiger partial charge in [-0.15, -0.1) is 0 Å². The van der Waals surface area contributed by atoms with E-state index in [4.69, 9.17) is 0 Å². The van der Waals surface area contributed by atoms with Gasteiger partial charge in [-0.25, -0.2) is 0 Å². The third-order valence-corrected chi connectivity index (χ3v) is 3.68. The van der Waals surface area contributed by atoms with Crippen molar-refractivity contribution in [1.29, 1.82) is 0 Å². The Morgan fingerprint density at radius 1 is 1.33 bits per heavy atom. The normalized spacial score (nSPS) is 10.9. The van der Waals surface area contributed by atoms with Crippen molar-refractivity contribution < 1.29 is 4.79 Å². The highest BCUT2D eigenvalue weighted by molar-refractivity contribution is 6.06. The van der Waals surface area contributed by atoms with Gasteiger partial charge in [0.25, 0.3) is 5.91 Å². The molecule has 1 aromatic carbocycles. The third-order valence-electron chi connectivity index (χ3n) is 3.68. The number of carbonyl (C=O) groups is 1. The first-order valence-electron chi connectivity index (χ1n) is 7.09. The Balaban J connectivity index is 1.57. The van der Waals surface area contributed by atoms with E-state index in [1.165, 1.54) is 5.56 Å². The number of hydrogen-bond donors (Lipinski definition) is 3. The molecule has 0 spiro atoms. The summed E-state index contributed by atoms with van der Waals surface area (Å²) >= 11 is 0.